The Morgan fingerprint density at radius 2 is 1.97 bits per heavy atom. The van der Waals surface area contributed by atoms with Gasteiger partial charge in [0.25, 0.3) is 0 Å². The van der Waals surface area contributed by atoms with E-state index in [1.165, 1.54) is 0 Å². The maximum Gasteiger partial charge on any atom is 0.161 e. The van der Waals surface area contributed by atoms with Crippen molar-refractivity contribution in [2.24, 2.45) is 0 Å². The van der Waals surface area contributed by atoms with Crippen molar-refractivity contribution in [2.75, 3.05) is 26.9 Å². The number of nitrogens with zero attached hydrogens (tertiary/aromatic N) is 1. The molecule has 3 unspecified atom stereocenters. The third kappa shape index (κ3) is 5.05. The number of pyridine rings is 1. The molecule has 1 aromatic heterocycles. The minimum Gasteiger partial charge on any atom is -0.497 e. The number of fused-ring (bicyclic) bond motifs is 2. The minimum absolute atomic E-state index is 0.175. The van der Waals surface area contributed by atoms with Crippen molar-refractivity contribution < 1.29 is 24.1 Å². The maximum absolute atomic E-state index is 10.9. The predicted molar refractivity (Wildman–Crippen MR) is 125 cm³/mol. The first-order valence-corrected chi connectivity index (χ1v) is 11.5. The van der Waals surface area contributed by atoms with E-state index in [0.717, 1.165) is 58.7 Å². The van der Waals surface area contributed by atoms with Crippen LogP contribution in [0.1, 0.15) is 24.0 Å². The summed E-state index contributed by atoms with van der Waals surface area (Å²) in [7, 11) is 1.65. The van der Waals surface area contributed by atoms with Crippen LogP contribution in [0.4, 0.5) is 0 Å². The first-order chi connectivity index (χ1) is 16.2. The second-order valence-corrected chi connectivity index (χ2v) is 8.63. The smallest absolute Gasteiger partial charge is 0.161 e. The number of hydrogen-bond acceptors (Lipinski definition) is 7. The highest BCUT2D eigenvalue weighted by atomic mass is 16.6. The van der Waals surface area contributed by atoms with Gasteiger partial charge in [-0.15, -0.1) is 0 Å². The molecule has 0 aliphatic carbocycles. The van der Waals surface area contributed by atoms with Crippen molar-refractivity contribution in [3.05, 3.63) is 59.8 Å². The first-order valence-electron chi connectivity index (χ1n) is 11.5. The molecule has 33 heavy (non-hydrogen) atoms. The third-order valence-corrected chi connectivity index (χ3v) is 6.41. The number of rotatable bonds is 7. The van der Waals surface area contributed by atoms with Crippen LogP contribution in [-0.4, -0.2) is 55.3 Å². The van der Waals surface area contributed by atoms with Crippen molar-refractivity contribution in [3.63, 3.8) is 0 Å². The number of aliphatic hydroxyl groups excluding tert-OH is 1. The molecular formula is C26H30N2O5. The Balaban J connectivity index is 1.14. The van der Waals surface area contributed by atoms with E-state index in [1.54, 1.807) is 13.3 Å². The van der Waals surface area contributed by atoms with Gasteiger partial charge in [0.05, 0.1) is 31.4 Å². The van der Waals surface area contributed by atoms with E-state index in [-0.39, 0.29) is 12.1 Å². The van der Waals surface area contributed by atoms with Crippen molar-refractivity contribution in [2.45, 2.75) is 44.1 Å². The van der Waals surface area contributed by atoms with Gasteiger partial charge in [0.2, 0.25) is 0 Å². The second-order valence-electron chi connectivity index (χ2n) is 8.63. The number of nitrogens with one attached hydrogen (secondary N) is 1. The van der Waals surface area contributed by atoms with Crippen molar-refractivity contribution in [1.29, 1.82) is 0 Å². The molecular weight excluding hydrogens is 420 g/mol. The molecule has 7 nitrogen and oxygen atoms in total. The fourth-order valence-corrected chi connectivity index (χ4v) is 4.54. The molecule has 0 radical (unpaired) electrons. The molecule has 7 heteroatoms. The van der Waals surface area contributed by atoms with Crippen molar-refractivity contribution in [1.82, 2.24) is 10.3 Å². The van der Waals surface area contributed by atoms with Crippen LogP contribution in [0.25, 0.3) is 10.9 Å². The average molecular weight is 451 g/mol. The number of aromatic nitrogens is 1. The monoisotopic (exact) mass is 450 g/mol. The van der Waals surface area contributed by atoms with Gasteiger partial charge in [0.15, 0.2) is 11.5 Å². The predicted octanol–water partition coefficient (Wildman–Crippen LogP) is 3.26. The Kier molecular flexibility index (Phi) is 6.62. The van der Waals surface area contributed by atoms with Gasteiger partial charge in [-0.25, -0.2) is 0 Å². The number of methoxy groups -OCH3 is 1. The highest BCUT2D eigenvalue weighted by Gasteiger charge is 2.27. The third-order valence-electron chi connectivity index (χ3n) is 6.41. The van der Waals surface area contributed by atoms with Crippen LogP contribution in [-0.2, 0) is 17.7 Å². The summed E-state index contributed by atoms with van der Waals surface area (Å²) in [5, 5.41) is 15.5. The molecule has 2 aliphatic heterocycles. The Labute approximate surface area is 193 Å². The summed E-state index contributed by atoms with van der Waals surface area (Å²) in [6.07, 6.45) is 3.33. The van der Waals surface area contributed by atoms with Gasteiger partial charge in [-0.1, -0.05) is 6.07 Å². The lowest BCUT2D eigenvalue weighted by molar-refractivity contribution is -0.0717. The van der Waals surface area contributed by atoms with Crippen LogP contribution in [0, 0.1) is 0 Å². The Morgan fingerprint density at radius 1 is 1.09 bits per heavy atom. The number of benzene rings is 2. The van der Waals surface area contributed by atoms with Gasteiger partial charge < -0.3 is 29.4 Å². The highest BCUT2D eigenvalue weighted by Crippen LogP contribution is 2.31. The van der Waals surface area contributed by atoms with Gasteiger partial charge in [-0.05, 0) is 60.4 Å². The van der Waals surface area contributed by atoms with Crippen LogP contribution >= 0.6 is 0 Å². The maximum atomic E-state index is 10.9. The molecule has 1 fully saturated rings. The molecule has 3 aromatic rings. The van der Waals surface area contributed by atoms with Crippen molar-refractivity contribution in [3.8, 4) is 17.2 Å². The van der Waals surface area contributed by atoms with Gasteiger partial charge in [0, 0.05) is 30.6 Å². The molecule has 2 aliphatic rings. The standard InChI is InChI=1S/C26H30N2O5/c1-30-20-4-5-22-21(14-20)18(8-9-27-22)13-23(29)24-7-3-19(16-33-24)28-15-17-2-6-25-26(12-17)32-11-10-31-25/h2,4-6,8-9,12,14,19,23-24,28-29H,3,7,10-11,13,15-16H2,1H3. The summed E-state index contributed by atoms with van der Waals surface area (Å²) in [5.74, 6) is 2.40. The molecule has 3 atom stereocenters. The SMILES string of the molecule is COc1ccc2nccc(CC(O)C3CCC(NCc4ccc5c(c4)OCCO5)CO3)c2c1. The lowest BCUT2D eigenvalue weighted by Crippen LogP contribution is -2.43. The summed E-state index contributed by atoms with van der Waals surface area (Å²) in [6, 6.07) is 14.1. The molecule has 2 aromatic carbocycles. The summed E-state index contributed by atoms with van der Waals surface area (Å²) in [5.41, 5.74) is 3.10. The topological polar surface area (TPSA) is 82.1 Å². The molecule has 0 bridgehead atoms. The Morgan fingerprint density at radius 3 is 2.79 bits per heavy atom. The van der Waals surface area contributed by atoms with Crippen molar-refractivity contribution >= 4 is 10.9 Å². The van der Waals surface area contributed by atoms with Crippen LogP contribution in [0.15, 0.2) is 48.7 Å². The van der Waals surface area contributed by atoms with Gasteiger partial charge in [-0.2, -0.15) is 0 Å². The fourth-order valence-electron chi connectivity index (χ4n) is 4.54. The molecule has 0 amide bonds. The zero-order chi connectivity index (χ0) is 22.6. The van der Waals surface area contributed by atoms with Gasteiger partial charge >= 0.3 is 0 Å². The van der Waals surface area contributed by atoms with Crippen LogP contribution in [0.2, 0.25) is 0 Å². The second kappa shape index (κ2) is 9.95. The summed E-state index contributed by atoms with van der Waals surface area (Å²) >= 11 is 0. The molecule has 0 spiro atoms. The molecule has 2 N–H and O–H groups in total. The summed E-state index contributed by atoms with van der Waals surface area (Å²) in [6.45, 7) is 2.51. The molecule has 3 heterocycles. The molecule has 0 saturated carbocycles. The lowest BCUT2D eigenvalue weighted by Gasteiger charge is -2.32. The fraction of sp³-hybridized carbons (Fsp3) is 0.423. The van der Waals surface area contributed by atoms with Crippen LogP contribution in [0.5, 0.6) is 17.2 Å². The Hall–Kier alpha value is -2.87. The summed E-state index contributed by atoms with van der Waals surface area (Å²) in [4.78, 5) is 4.42. The number of hydrogen-bond donors (Lipinski definition) is 2. The van der Waals surface area contributed by atoms with E-state index in [4.69, 9.17) is 18.9 Å². The van der Waals surface area contributed by atoms with E-state index in [9.17, 15) is 5.11 Å². The van der Waals surface area contributed by atoms with E-state index >= 15 is 0 Å². The largest absolute Gasteiger partial charge is 0.497 e. The van der Waals surface area contributed by atoms with Gasteiger partial charge in [-0.3, -0.25) is 4.98 Å². The molecule has 1 saturated heterocycles. The number of aliphatic hydroxyl groups is 1. The van der Waals surface area contributed by atoms with E-state index in [1.807, 2.05) is 36.4 Å². The van der Waals surface area contributed by atoms with E-state index in [0.29, 0.717) is 26.2 Å². The molecule has 5 rings (SSSR count). The average Bonchev–Trinajstić information content (AvgIpc) is 2.87. The number of ether oxygens (including phenoxy) is 4. The zero-order valence-electron chi connectivity index (χ0n) is 18.8. The highest BCUT2D eigenvalue weighted by molar-refractivity contribution is 5.83. The molecule has 174 valence electrons. The zero-order valence-corrected chi connectivity index (χ0v) is 18.8. The lowest BCUT2D eigenvalue weighted by atomic mass is 9.95. The normalized spacial score (nSPS) is 21.0. The van der Waals surface area contributed by atoms with Crippen LogP contribution in [0.3, 0.4) is 0 Å². The van der Waals surface area contributed by atoms with Crippen LogP contribution < -0.4 is 19.5 Å². The minimum atomic E-state index is -0.569. The summed E-state index contributed by atoms with van der Waals surface area (Å²) < 4.78 is 22.7. The quantitative estimate of drug-likeness (QED) is 0.572. The van der Waals surface area contributed by atoms with Gasteiger partial charge in [0.1, 0.15) is 19.0 Å². The first kappa shape index (κ1) is 21.9. The van der Waals surface area contributed by atoms with E-state index in [2.05, 4.69) is 16.4 Å². The Bertz CT molecular complexity index is 1100. The van der Waals surface area contributed by atoms with E-state index < -0.39 is 6.10 Å².